The van der Waals surface area contributed by atoms with Crippen molar-refractivity contribution in [1.82, 2.24) is 5.32 Å². The van der Waals surface area contributed by atoms with Crippen molar-refractivity contribution in [2.45, 2.75) is 64.5 Å². The maximum absolute atomic E-state index is 6.52. The molecule has 2 aliphatic rings. The summed E-state index contributed by atoms with van der Waals surface area (Å²) in [5.41, 5.74) is 2.77. The molecular formula is C18H27NO. The maximum Gasteiger partial charge on any atom is 0.124 e. The zero-order valence-corrected chi connectivity index (χ0v) is 13.0. The molecule has 1 N–H and O–H groups in total. The highest BCUT2D eigenvalue weighted by Crippen LogP contribution is 2.52. The van der Waals surface area contributed by atoms with Crippen LogP contribution in [0.15, 0.2) is 18.2 Å². The first-order valence-corrected chi connectivity index (χ1v) is 8.21. The molecule has 0 bridgehead atoms. The first kappa shape index (κ1) is 13.9. The predicted molar refractivity (Wildman–Crippen MR) is 83.2 cm³/mol. The average molecular weight is 273 g/mol. The van der Waals surface area contributed by atoms with Gasteiger partial charge in [-0.25, -0.2) is 0 Å². The molecule has 2 nitrogen and oxygen atoms in total. The third-order valence-corrected chi connectivity index (χ3v) is 4.96. The van der Waals surface area contributed by atoms with Gasteiger partial charge in [-0.1, -0.05) is 31.5 Å². The molecule has 0 radical (unpaired) electrons. The number of ether oxygens (including phenoxy) is 1. The Balaban J connectivity index is 1.93. The summed E-state index contributed by atoms with van der Waals surface area (Å²) >= 11 is 0. The molecule has 0 amide bonds. The molecule has 2 atom stereocenters. The Bertz CT molecular complexity index is 480. The quantitative estimate of drug-likeness (QED) is 0.859. The summed E-state index contributed by atoms with van der Waals surface area (Å²) in [6.07, 6.45) is 6.12. The van der Waals surface area contributed by atoms with E-state index in [0.717, 1.165) is 31.1 Å². The molecule has 1 saturated carbocycles. The van der Waals surface area contributed by atoms with Crippen LogP contribution in [0.2, 0.25) is 0 Å². The van der Waals surface area contributed by atoms with Crippen LogP contribution in [-0.4, -0.2) is 12.1 Å². The first-order valence-electron chi connectivity index (χ1n) is 8.21. The average Bonchev–Trinajstić information content (AvgIpc) is 3.29. The Kier molecular flexibility index (Phi) is 3.76. The van der Waals surface area contributed by atoms with Gasteiger partial charge in [-0.15, -0.1) is 0 Å². The minimum absolute atomic E-state index is 0.0770. The van der Waals surface area contributed by atoms with Gasteiger partial charge < -0.3 is 10.1 Å². The van der Waals surface area contributed by atoms with Gasteiger partial charge in [-0.3, -0.25) is 0 Å². The maximum atomic E-state index is 6.52. The highest BCUT2D eigenvalue weighted by molar-refractivity contribution is 5.42. The van der Waals surface area contributed by atoms with Crippen molar-refractivity contribution < 1.29 is 4.74 Å². The smallest absolute Gasteiger partial charge is 0.124 e. The van der Waals surface area contributed by atoms with E-state index in [1.165, 1.54) is 30.4 Å². The minimum Gasteiger partial charge on any atom is -0.487 e. The van der Waals surface area contributed by atoms with Gasteiger partial charge in [0.25, 0.3) is 0 Å². The fraction of sp³-hybridized carbons (Fsp3) is 0.667. The highest BCUT2D eigenvalue weighted by Gasteiger charge is 2.50. The minimum atomic E-state index is 0.0770. The largest absolute Gasteiger partial charge is 0.487 e. The lowest BCUT2D eigenvalue weighted by molar-refractivity contribution is 0.00571. The van der Waals surface area contributed by atoms with Crippen LogP contribution in [0, 0.1) is 12.8 Å². The molecule has 1 fully saturated rings. The van der Waals surface area contributed by atoms with Crippen LogP contribution in [0.25, 0.3) is 0 Å². The third-order valence-electron chi connectivity index (χ3n) is 4.96. The number of fused-ring (bicyclic) bond motifs is 1. The predicted octanol–water partition coefficient (Wildman–Crippen LogP) is 4.38. The lowest BCUT2D eigenvalue weighted by Crippen LogP contribution is -2.45. The molecular weight excluding hydrogens is 246 g/mol. The van der Waals surface area contributed by atoms with Gasteiger partial charge in [-0.05, 0) is 51.1 Å². The van der Waals surface area contributed by atoms with Gasteiger partial charge >= 0.3 is 0 Å². The lowest BCUT2D eigenvalue weighted by atomic mass is 9.81. The second kappa shape index (κ2) is 5.40. The van der Waals surface area contributed by atoms with Crippen LogP contribution in [0.5, 0.6) is 5.75 Å². The third kappa shape index (κ3) is 2.46. The molecule has 3 rings (SSSR count). The number of aryl methyl sites for hydroxylation is 1. The van der Waals surface area contributed by atoms with Crippen molar-refractivity contribution in [3.8, 4) is 5.75 Å². The van der Waals surface area contributed by atoms with E-state index in [9.17, 15) is 0 Å². The Morgan fingerprint density at radius 1 is 1.30 bits per heavy atom. The summed E-state index contributed by atoms with van der Waals surface area (Å²) in [4.78, 5) is 0. The molecule has 1 aromatic carbocycles. The summed E-state index contributed by atoms with van der Waals surface area (Å²) in [5.74, 6) is 1.89. The monoisotopic (exact) mass is 273 g/mol. The Hall–Kier alpha value is -1.02. The lowest BCUT2D eigenvalue weighted by Gasteiger charge is -2.43. The van der Waals surface area contributed by atoms with E-state index in [1.54, 1.807) is 0 Å². The number of nitrogens with one attached hydrogen (secondary N) is 1. The van der Waals surface area contributed by atoms with Crippen LogP contribution in [0.1, 0.15) is 63.1 Å². The van der Waals surface area contributed by atoms with Crippen LogP contribution in [0.4, 0.5) is 0 Å². The molecule has 2 heteroatoms. The molecule has 1 aliphatic carbocycles. The summed E-state index contributed by atoms with van der Waals surface area (Å²) in [7, 11) is 0. The van der Waals surface area contributed by atoms with E-state index in [2.05, 4.69) is 44.3 Å². The molecule has 2 unspecified atom stereocenters. The number of hydrogen-bond donors (Lipinski definition) is 1. The van der Waals surface area contributed by atoms with Crippen LogP contribution in [0.3, 0.4) is 0 Å². The summed E-state index contributed by atoms with van der Waals surface area (Å²) < 4.78 is 6.52. The van der Waals surface area contributed by atoms with Crippen molar-refractivity contribution in [2.75, 3.05) is 6.54 Å². The van der Waals surface area contributed by atoms with Crippen molar-refractivity contribution in [3.63, 3.8) is 0 Å². The SMILES string of the molecule is CCCNC1CC(CC)(C2CC2)Oc2ccc(C)cc21. The normalized spacial score (nSPS) is 28.9. The van der Waals surface area contributed by atoms with E-state index < -0.39 is 0 Å². The van der Waals surface area contributed by atoms with E-state index in [4.69, 9.17) is 4.74 Å². The molecule has 0 spiro atoms. The van der Waals surface area contributed by atoms with Crippen molar-refractivity contribution in [1.29, 1.82) is 0 Å². The highest BCUT2D eigenvalue weighted by atomic mass is 16.5. The fourth-order valence-electron chi connectivity index (χ4n) is 3.61. The van der Waals surface area contributed by atoms with Crippen molar-refractivity contribution in [2.24, 2.45) is 5.92 Å². The van der Waals surface area contributed by atoms with Gasteiger partial charge in [0, 0.05) is 18.0 Å². The van der Waals surface area contributed by atoms with Crippen LogP contribution < -0.4 is 10.1 Å². The zero-order valence-electron chi connectivity index (χ0n) is 13.0. The van der Waals surface area contributed by atoms with Crippen molar-refractivity contribution >= 4 is 0 Å². The fourth-order valence-corrected chi connectivity index (χ4v) is 3.61. The summed E-state index contributed by atoms with van der Waals surface area (Å²) in [6.45, 7) is 7.77. The molecule has 1 aromatic rings. The number of hydrogen-bond acceptors (Lipinski definition) is 2. The molecule has 0 saturated heterocycles. The van der Waals surface area contributed by atoms with Gasteiger partial charge in [0.2, 0.25) is 0 Å². The molecule has 20 heavy (non-hydrogen) atoms. The van der Waals surface area contributed by atoms with E-state index in [-0.39, 0.29) is 5.60 Å². The summed E-state index contributed by atoms with van der Waals surface area (Å²) in [6, 6.07) is 7.11. The second-order valence-electron chi connectivity index (χ2n) is 6.55. The molecule has 1 aliphatic heterocycles. The summed E-state index contributed by atoms with van der Waals surface area (Å²) in [5, 5.41) is 3.75. The van der Waals surface area contributed by atoms with Crippen LogP contribution in [-0.2, 0) is 0 Å². The van der Waals surface area contributed by atoms with E-state index in [0.29, 0.717) is 6.04 Å². The first-order chi connectivity index (χ1) is 9.68. The Morgan fingerprint density at radius 3 is 2.75 bits per heavy atom. The number of benzene rings is 1. The topological polar surface area (TPSA) is 21.3 Å². The molecule has 1 heterocycles. The Labute approximate surface area is 122 Å². The van der Waals surface area contributed by atoms with E-state index in [1.807, 2.05) is 0 Å². The molecule has 110 valence electrons. The van der Waals surface area contributed by atoms with E-state index >= 15 is 0 Å². The Morgan fingerprint density at radius 2 is 2.10 bits per heavy atom. The van der Waals surface area contributed by atoms with Gasteiger partial charge in [-0.2, -0.15) is 0 Å². The second-order valence-corrected chi connectivity index (χ2v) is 6.55. The number of rotatable bonds is 5. The standard InChI is InChI=1S/C18H27NO/c1-4-10-19-16-12-18(5-2,14-7-8-14)20-17-9-6-13(3)11-15(16)17/h6,9,11,14,16,19H,4-5,7-8,10,12H2,1-3H3. The van der Waals surface area contributed by atoms with Gasteiger partial charge in [0.05, 0.1) is 0 Å². The van der Waals surface area contributed by atoms with Gasteiger partial charge in [0.1, 0.15) is 11.4 Å². The van der Waals surface area contributed by atoms with Crippen molar-refractivity contribution in [3.05, 3.63) is 29.3 Å². The zero-order chi connectivity index (χ0) is 14.2. The molecule has 0 aromatic heterocycles. The van der Waals surface area contributed by atoms with Crippen LogP contribution >= 0.6 is 0 Å². The van der Waals surface area contributed by atoms with Gasteiger partial charge in [0.15, 0.2) is 0 Å².